The second-order valence-corrected chi connectivity index (χ2v) is 6.23. The van der Waals surface area contributed by atoms with Crippen LogP contribution in [0.3, 0.4) is 0 Å². The van der Waals surface area contributed by atoms with Crippen LogP contribution in [0.5, 0.6) is 0 Å². The molecule has 0 radical (unpaired) electrons. The van der Waals surface area contributed by atoms with Gasteiger partial charge in [-0.1, -0.05) is 0 Å². The van der Waals surface area contributed by atoms with Gasteiger partial charge in [-0.3, -0.25) is 0 Å². The van der Waals surface area contributed by atoms with Gasteiger partial charge >= 0.3 is 0 Å². The van der Waals surface area contributed by atoms with Crippen molar-refractivity contribution in [1.82, 2.24) is 0 Å². The summed E-state index contributed by atoms with van der Waals surface area (Å²) in [5.74, 6) is 1.05. The number of nitrogens with two attached hydrogens (primary N) is 1. The molecule has 0 aliphatic heterocycles. The molecule has 0 aromatic carbocycles. The van der Waals surface area contributed by atoms with Gasteiger partial charge in [-0.15, -0.1) is 0 Å². The van der Waals surface area contributed by atoms with E-state index in [-0.39, 0.29) is 5.54 Å². The molecular formula is C11H23NOS. The molecule has 0 spiro atoms. The van der Waals surface area contributed by atoms with Gasteiger partial charge in [0.15, 0.2) is 0 Å². The summed E-state index contributed by atoms with van der Waals surface area (Å²) in [4.78, 5) is 0. The third-order valence-corrected chi connectivity index (χ3v) is 4.41. The minimum atomic E-state index is -0.0370. The minimum absolute atomic E-state index is 0.0370. The Morgan fingerprint density at radius 3 is 2.71 bits per heavy atom. The second kappa shape index (κ2) is 5.38. The van der Waals surface area contributed by atoms with Gasteiger partial charge < -0.3 is 10.5 Å². The smallest absolute Gasteiger partial charge is 0.0581 e. The van der Waals surface area contributed by atoms with E-state index in [2.05, 4.69) is 13.8 Å². The molecular weight excluding hydrogens is 194 g/mol. The molecule has 1 aliphatic rings. The molecule has 0 saturated heterocycles. The van der Waals surface area contributed by atoms with Gasteiger partial charge in [0.1, 0.15) is 0 Å². The first kappa shape index (κ1) is 12.3. The van der Waals surface area contributed by atoms with E-state index >= 15 is 0 Å². The fourth-order valence-electron chi connectivity index (χ4n) is 1.80. The van der Waals surface area contributed by atoms with Crippen LogP contribution >= 0.6 is 11.8 Å². The summed E-state index contributed by atoms with van der Waals surface area (Å²) in [5.41, 5.74) is 5.93. The van der Waals surface area contributed by atoms with Crippen LogP contribution in [0.25, 0.3) is 0 Å². The zero-order chi connectivity index (χ0) is 10.6. The first-order valence-corrected chi connectivity index (χ1v) is 6.49. The van der Waals surface area contributed by atoms with Crippen LogP contribution in [0.15, 0.2) is 0 Å². The fourth-order valence-corrected chi connectivity index (χ4v) is 3.15. The van der Waals surface area contributed by atoms with Gasteiger partial charge in [0.2, 0.25) is 0 Å². The Bertz CT molecular complexity index is 167. The molecule has 1 fully saturated rings. The third kappa shape index (κ3) is 4.67. The third-order valence-electron chi connectivity index (χ3n) is 2.60. The monoisotopic (exact) mass is 217 g/mol. The van der Waals surface area contributed by atoms with Gasteiger partial charge in [0.05, 0.1) is 6.10 Å². The van der Waals surface area contributed by atoms with Crippen LogP contribution in [0.4, 0.5) is 0 Å². The molecule has 1 aliphatic carbocycles. The zero-order valence-corrected chi connectivity index (χ0v) is 10.4. The average molecular weight is 217 g/mol. The van der Waals surface area contributed by atoms with Crippen molar-refractivity contribution in [2.24, 2.45) is 5.73 Å². The van der Waals surface area contributed by atoms with Crippen LogP contribution in [-0.2, 0) is 4.74 Å². The van der Waals surface area contributed by atoms with E-state index in [9.17, 15) is 0 Å². The van der Waals surface area contributed by atoms with Gasteiger partial charge in [-0.05, 0) is 39.5 Å². The van der Waals surface area contributed by atoms with E-state index in [1.165, 1.54) is 25.7 Å². The van der Waals surface area contributed by atoms with E-state index in [0.29, 0.717) is 6.10 Å². The van der Waals surface area contributed by atoms with Gasteiger partial charge in [-0.25, -0.2) is 0 Å². The maximum absolute atomic E-state index is 5.97. The Hall–Kier alpha value is 0.270. The van der Waals surface area contributed by atoms with Gasteiger partial charge in [0.25, 0.3) is 0 Å². The predicted molar refractivity (Wildman–Crippen MR) is 63.8 cm³/mol. The summed E-state index contributed by atoms with van der Waals surface area (Å²) in [6, 6.07) is 0. The highest BCUT2D eigenvalue weighted by atomic mass is 32.2. The van der Waals surface area contributed by atoms with Gasteiger partial charge in [0, 0.05) is 23.7 Å². The Morgan fingerprint density at radius 2 is 2.14 bits per heavy atom. The quantitative estimate of drug-likeness (QED) is 0.785. The average Bonchev–Trinajstić information content (AvgIpc) is 2.14. The van der Waals surface area contributed by atoms with E-state index in [1.807, 2.05) is 18.9 Å². The Balaban J connectivity index is 2.24. The predicted octanol–water partition coefficient (Wildman–Crippen LogP) is 2.41. The van der Waals surface area contributed by atoms with Crippen molar-refractivity contribution in [2.75, 3.05) is 12.9 Å². The van der Waals surface area contributed by atoms with E-state index in [0.717, 1.165) is 11.0 Å². The molecule has 0 aromatic rings. The lowest BCUT2D eigenvalue weighted by Crippen LogP contribution is -2.36. The molecule has 0 bridgehead atoms. The number of methoxy groups -OCH3 is 1. The van der Waals surface area contributed by atoms with Crippen molar-refractivity contribution >= 4 is 11.8 Å². The highest BCUT2D eigenvalue weighted by molar-refractivity contribution is 7.99. The maximum Gasteiger partial charge on any atom is 0.0581 e. The SMILES string of the molecule is COC1CCCC(SCC(C)(C)N)C1. The molecule has 0 amide bonds. The number of rotatable bonds is 4. The van der Waals surface area contributed by atoms with Crippen molar-refractivity contribution in [3.8, 4) is 0 Å². The first-order chi connectivity index (χ1) is 6.51. The largest absolute Gasteiger partial charge is 0.381 e. The molecule has 1 rings (SSSR count). The summed E-state index contributed by atoms with van der Waals surface area (Å²) >= 11 is 2.02. The summed E-state index contributed by atoms with van der Waals surface area (Å²) in [6.45, 7) is 4.19. The maximum atomic E-state index is 5.97. The number of hydrogen-bond donors (Lipinski definition) is 1. The fraction of sp³-hybridized carbons (Fsp3) is 1.00. The van der Waals surface area contributed by atoms with Crippen LogP contribution in [0, 0.1) is 0 Å². The van der Waals surface area contributed by atoms with Crippen molar-refractivity contribution < 1.29 is 4.74 Å². The van der Waals surface area contributed by atoms with E-state index in [1.54, 1.807) is 0 Å². The lowest BCUT2D eigenvalue weighted by atomic mass is 9.97. The first-order valence-electron chi connectivity index (χ1n) is 5.44. The highest BCUT2D eigenvalue weighted by Crippen LogP contribution is 2.31. The molecule has 3 heteroatoms. The van der Waals surface area contributed by atoms with Crippen LogP contribution in [0.2, 0.25) is 0 Å². The number of hydrogen-bond acceptors (Lipinski definition) is 3. The number of thioether (sulfide) groups is 1. The van der Waals surface area contributed by atoms with Crippen molar-refractivity contribution in [1.29, 1.82) is 0 Å². The highest BCUT2D eigenvalue weighted by Gasteiger charge is 2.23. The molecule has 2 nitrogen and oxygen atoms in total. The topological polar surface area (TPSA) is 35.2 Å². The van der Waals surface area contributed by atoms with Gasteiger partial charge in [-0.2, -0.15) is 11.8 Å². The molecule has 1 saturated carbocycles. The molecule has 2 N–H and O–H groups in total. The lowest BCUT2D eigenvalue weighted by Gasteiger charge is -2.29. The lowest BCUT2D eigenvalue weighted by molar-refractivity contribution is 0.0730. The molecule has 2 unspecified atom stereocenters. The number of ether oxygens (including phenoxy) is 1. The van der Waals surface area contributed by atoms with Crippen molar-refractivity contribution in [2.45, 2.75) is 56.4 Å². The molecule has 14 heavy (non-hydrogen) atoms. The van der Waals surface area contributed by atoms with E-state index in [4.69, 9.17) is 10.5 Å². The zero-order valence-electron chi connectivity index (χ0n) is 9.58. The molecule has 84 valence electrons. The summed E-state index contributed by atoms with van der Waals surface area (Å²) in [6.07, 6.45) is 5.57. The van der Waals surface area contributed by atoms with Crippen LogP contribution < -0.4 is 5.73 Å². The molecule has 0 heterocycles. The standard InChI is InChI=1S/C11H23NOS/c1-11(2,12)8-14-10-6-4-5-9(7-10)13-3/h9-10H,4-8,12H2,1-3H3. The normalized spacial score (nSPS) is 29.1. The summed E-state index contributed by atoms with van der Waals surface area (Å²) < 4.78 is 5.41. The Morgan fingerprint density at radius 1 is 1.43 bits per heavy atom. The molecule has 0 aromatic heterocycles. The summed E-state index contributed by atoms with van der Waals surface area (Å²) in [5, 5.41) is 0.761. The summed E-state index contributed by atoms with van der Waals surface area (Å²) in [7, 11) is 1.82. The van der Waals surface area contributed by atoms with Crippen molar-refractivity contribution in [3.63, 3.8) is 0 Å². The van der Waals surface area contributed by atoms with Crippen LogP contribution in [0.1, 0.15) is 39.5 Å². The van der Waals surface area contributed by atoms with Crippen LogP contribution in [-0.4, -0.2) is 29.8 Å². The second-order valence-electron chi connectivity index (χ2n) is 4.95. The van der Waals surface area contributed by atoms with E-state index < -0.39 is 0 Å². The Labute approximate surface area is 92.0 Å². The minimum Gasteiger partial charge on any atom is -0.381 e. The van der Waals surface area contributed by atoms with Crippen molar-refractivity contribution in [3.05, 3.63) is 0 Å². The Kier molecular flexibility index (Phi) is 4.74. The molecule has 2 atom stereocenters.